The molecule has 1 saturated heterocycles. The second-order valence-corrected chi connectivity index (χ2v) is 6.53. The second-order valence-electron chi connectivity index (χ2n) is 5.30. The molecule has 3 aromatic heterocycles. The van der Waals surface area contributed by atoms with E-state index in [1.54, 1.807) is 30.1 Å². The summed E-state index contributed by atoms with van der Waals surface area (Å²) in [6.45, 7) is 5.75. The van der Waals surface area contributed by atoms with Crippen molar-refractivity contribution in [1.29, 1.82) is 0 Å². The van der Waals surface area contributed by atoms with E-state index in [0.717, 1.165) is 48.2 Å². The van der Waals surface area contributed by atoms with E-state index < -0.39 is 0 Å². The zero-order valence-corrected chi connectivity index (χ0v) is 13.1. The summed E-state index contributed by atoms with van der Waals surface area (Å²) >= 11 is 1.72. The van der Waals surface area contributed by atoms with Gasteiger partial charge in [-0.2, -0.15) is 0 Å². The third-order valence-corrected chi connectivity index (χ3v) is 4.80. The molecule has 6 nitrogen and oxygen atoms in total. The second kappa shape index (κ2) is 5.49. The van der Waals surface area contributed by atoms with Crippen LogP contribution in [0.25, 0.3) is 10.2 Å². The predicted octanol–water partition coefficient (Wildman–Crippen LogP) is 2.12. The number of thiophene rings is 1. The summed E-state index contributed by atoms with van der Waals surface area (Å²) in [5.74, 6) is 1.85. The van der Waals surface area contributed by atoms with Crippen LogP contribution < -0.4 is 9.80 Å². The van der Waals surface area contributed by atoms with Gasteiger partial charge < -0.3 is 9.80 Å². The fourth-order valence-corrected chi connectivity index (χ4v) is 3.63. The molecule has 0 bridgehead atoms. The van der Waals surface area contributed by atoms with Crippen molar-refractivity contribution in [3.8, 4) is 0 Å². The van der Waals surface area contributed by atoms with E-state index in [9.17, 15) is 0 Å². The molecular formula is C15H16N6S. The van der Waals surface area contributed by atoms with Crippen LogP contribution in [0.15, 0.2) is 30.9 Å². The van der Waals surface area contributed by atoms with E-state index >= 15 is 0 Å². The van der Waals surface area contributed by atoms with E-state index in [1.165, 1.54) is 4.88 Å². The van der Waals surface area contributed by atoms with Crippen molar-refractivity contribution < 1.29 is 0 Å². The van der Waals surface area contributed by atoms with Gasteiger partial charge in [-0.25, -0.2) is 19.9 Å². The molecule has 0 aromatic carbocycles. The van der Waals surface area contributed by atoms with Crippen molar-refractivity contribution in [2.45, 2.75) is 6.92 Å². The highest BCUT2D eigenvalue weighted by Gasteiger charge is 2.21. The van der Waals surface area contributed by atoms with Crippen molar-refractivity contribution in [2.24, 2.45) is 0 Å². The first-order valence-corrected chi connectivity index (χ1v) is 8.11. The number of aryl methyl sites for hydroxylation is 1. The SMILES string of the molecule is Cc1cc2c(N3CCN(c4ncccn4)CC3)ncnc2s1. The fourth-order valence-electron chi connectivity index (χ4n) is 2.79. The number of piperazine rings is 1. The summed E-state index contributed by atoms with van der Waals surface area (Å²) in [4.78, 5) is 24.4. The van der Waals surface area contributed by atoms with Crippen LogP contribution in [0.4, 0.5) is 11.8 Å². The summed E-state index contributed by atoms with van der Waals surface area (Å²) in [6, 6.07) is 4.03. The number of aromatic nitrogens is 4. The molecule has 0 spiro atoms. The molecule has 0 amide bonds. The Kier molecular flexibility index (Phi) is 3.34. The highest BCUT2D eigenvalue weighted by atomic mass is 32.1. The Balaban J connectivity index is 1.56. The van der Waals surface area contributed by atoms with E-state index in [0.29, 0.717) is 0 Å². The Morgan fingerprint density at radius 1 is 0.955 bits per heavy atom. The molecule has 0 radical (unpaired) electrons. The minimum atomic E-state index is 0.807. The highest BCUT2D eigenvalue weighted by molar-refractivity contribution is 7.18. The summed E-state index contributed by atoms with van der Waals surface area (Å²) < 4.78 is 0. The Bertz CT molecular complexity index is 779. The van der Waals surface area contributed by atoms with Gasteiger partial charge in [-0.1, -0.05) is 0 Å². The number of hydrogen-bond donors (Lipinski definition) is 0. The van der Waals surface area contributed by atoms with Crippen molar-refractivity contribution in [3.63, 3.8) is 0 Å². The van der Waals surface area contributed by atoms with E-state index in [-0.39, 0.29) is 0 Å². The average molecular weight is 312 g/mol. The largest absolute Gasteiger partial charge is 0.352 e. The Morgan fingerprint density at radius 2 is 1.68 bits per heavy atom. The van der Waals surface area contributed by atoms with Crippen molar-refractivity contribution >= 4 is 33.3 Å². The molecule has 0 atom stereocenters. The van der Waals surface area contributed by atoms with Crippen LogP contribution >= 0.6 is 11.3 Å². The summed E-state index contributed by atoms with van der Waals surface area (Å²) in [5.41, 5.74) is 0. The maximum Gasteiger partial charge on any atom is 0.225 e. The van der Waals surface area contributed by atoms with Crippen LogP contribution in [-0.2, 0) is 0 Å². The molecule has 1 aliphatic rings. The number of anilines is 2. The first-order valence-electron chi connectivity index (χ1n) is 7.29. The normalized spacial score (nSPS) is 15.5. The van der Waals surface area contributed by atoms with Crippen LogP contribution in [0.2, 0.25) is 0 Å². The maximum atomic E-state index is 4.51. The molecule has 1 aliphatic heterocycles. The van der Waals surface area contributed by atoms with Crippen LogP contribution in [0, 0.1) is 6.92 Å². The van der Waals surface area contributed by atoms with Gasteiger partial charge in [-0.05, 0) is 19.1 Å². The standard InChI is InChI=1S/C15H16N6S/c1-11-9-12-13(18-10-19-14(12)22-11)20-5-7-21(8-6-20)15-16-3-2-4-17-15/h2-4,9-10H,5-8H2,1H3. The minimum absolute atomic E-state index is 0.807. The van der Waals surface area contributed by atoms with E-state index in [1.807, 2.05) is 6.07 Å². The Hall–Kier alpha value is -2.28. The van der Waals surface area contributed by atoms with Crippen LogP contribution in [-0.4, -0.2) is 46.1 Å². The van der Waals surface area contributed by atoms with Gasteiger partial charge in [-0.3, -0.25) is 0 Å². The van der Waals surface area contributed by atoms with Crippen molar-refractivity contribution in [1.82, 2.24) is 19.9 Å². The molecule has 0 saturated carbocycles. The Labute approximate surface area is 132 Å². The number of nitrogens with zero attached hydrogens (tertiary/aromatic N) is 6. The van der Waals surface area contributed by atoms with E-state index in [4.69, 9.17) is 0 Å². The molecule has 7 heteroatoms. The zero-order chi connectivity index (χ0) is 14.9. The third kappa shape index (κ3) is 2.37. The molecule has 1 fully saturated rings. The van der Waals surface area contributed by atoms with Gasteiger partial charge in [0.25, 0.3) is 0 Å². The molecule has 4 rings (SSSR count). The molecule has 3 aromatic rings. The lowest BCUT2D eigenvalue weighted by atomic mass is 10.2. The first-order chi connectivity index (χ1) is 10.8. The smallest absolute Gasteiger partial charge is 0.225 e. The van der Waals surface area contributed by atoms with Gasteiger partial charge >= 0.3 is 0 Å². The van der Waals surface area contributed by atoms with Crippen molar-refractivity contribution in [3.05, 3.63) is 35.7 Å². The number of fused-ring (bicyclic) bond motifs is 1. The fraction of sp³-hybridized carbons (Fsp3) is 0.333. The van der Waals surface area contributed by atoms with Crippen molar-refractivity contribution in [2.75, 3.05) is 36.0 Å². The Morgan fingerprint density at radius 3 is 2.45 bits per heavy atom. The van der Waals surface area contributed by atoms with Crippen LogP contribution in [0.1, 0.15) is 4.88 Å². The third-order valence-electron chi connectivity index (χ3n) is 3.85. The van der Waals surface area contributed by atoms with Crippen LogP contribution in [0.5, 0.6) is 0 Å². The summed E-state index contributed by atoms with van der Waals surface area (Å²) in [7, 11) is 0. The average Bonchev–Trinajstić information content (AvgIpc) is 2.96. The van der Waals surface area contributed by atoms with Gasteiger partial charge in [0, 0.05) is 43.4 Å². The lowest BCUT2D eigenvalue weighted by molar-refractivity contribution is 0.636. The molecular weight excluding hydrogens is 296 g/mol. The number of rotatable bonds is 2. The first kappa shape index (κ1) is 13.4. The van der Waals surface area contributed by atoms with Gasteiger partial charge in [-0.15, -0.1) is 11.3 Å². The molecule has 4 heterocycles. The summed E-state index contributed by atoms with van der Waals surface area (Å²) in [5, 5.41) is 1.16. The topological polar surface area (TPSA) is 58.0 Å². The van der Waals surface area contributed by atoms with Gasteiger partial charge in [0.15, 0.2) is 0 Å². The molecule has 0 N–H and O–H groups in total. The lowest BCUT2D eigenvalue weighted by Crippen LogP contribution is -2.47. The molecule has 22 heavy (non-hydrogen) atoms. The van der Waals surface area contributed by atoms with E-state index in [2.05, 4.69) is 42.7 Å². The zero-order valence-electron chi connectivity index (χ0n) is 12.3. The highest BCUT2D eigenvalue weighted by Crippen LogP contribution is 2.30. The quantitative estimate of drug-likeness (QED) is 0.722. The van der Waals surface area contributed by atoms with Gasteiger partial charge in [0.1, 0.15) is 17.0 Å². The maximum absolute atomic E-state index is 4.51. The predicted molar refractivity (Wildman–Crippen MR) is 88.6 cm³/mol. The number of hydrogen-bond acceptors (Lipinski definition) is 7. The minimum Gasteiger partial charge on any atom is -0.352 e. The summed E-state index contributed by atoms with van der Waals surface area (Å²) in [6.07, 6.45) is 5.24. The van der Waals surface area contributed by atoms with Crippen LogP contribution in [0.3, 0.4) is 0 Å². The monoisotopic (exact) mass is 312 g/mol. The van der Waals surface area contributed by atoms with Gasteiger partial charge in [0.2, 0.25) is 5.95 Å². The molecule has 0 aliphatic carbocycles. The molecule has 0 unspecified atom stereocenters. The molecule has 112 valence electrons. The van der Waals surface area contributed by atoms with Gasteiger partial charge in [0.05, 0.1) is 5.39 Å². The lowest BCUT2D eigenvalue weighted by Gasteiger charge is -2.35.